The lowest BCUT2D eigenvalue weighted by molar-refractivity contribution is -0.125. The van der Waals surface area contributed by atoms with Gasteiger partial charge in [-0.2, -0.15) is 0 Å². The minimum atomic E-state index is -0.0281. The summed E-state index contributed by atoms with van der Waals surface area (Å²) >= 11 is 0. The van der Waals surface area contributed by atoms with Gasteiger partial charge in [-0.05, 0) is 37.1 Å². The third kappa shape index (κ3) is 6.45. The third-order valence-corrected chi connectivity index (χ3v) is 3.77. The molecule has 24 heavy (non-hydrogen) atoms. The average Bonchev–Trinajstić information content (AvgIpc) is 2.58. The molecule has 4 heteroatoms. The maximum Gasteiger partial charge on any atom is 0.253 e. The maximum atomic E-state index is 12.1. The van der Waals surface area contributed by atoms with Crippen LogP contribution in [-0.4, -0.2) is 37.4 Å². The van der Waals surface area contributed by atoms with Crippen LogP contribution in [0.3, 0.4) is 0 Å². The van der Waals surface area contributed by atoms with Gasteiger partial charge in [-0.1, -0.05) is 38.5 Å². The fourth-order valence-electron chi connectivity index (χ4n) is 2.48. The van der Waals surface area contributed by atoms with Crippen molar-refractivity contribution in [1.82, 2.24) is 10.2 Å². The highest BCUT2D eigenvalue weighted by atomic mass is 16.2. The summed E-state index contributed by atoms with van der Waals surface area (Å²) in [6.07, 6.45) is 3.88. The molecule has 1 N–H and O–H groups in total. The summed E-state index contributed by atoms with van der Waals surface area (Å²) in [5, 5.41) is 2.89. The van der Waals surface area contributed by atoms with Gasteiger partial charge in [0.15, 0.2) is 0 Å². The summed E-state index contributed by atoms with van der Waals surface area (Å²) in [6, 6.07) is 7.18. The zero-order valence-electron chi connectivity index (χ0n) is 15.2. The van der Waals surface area contributed by atoms with Crippen molar-refractivity contribution in [2.75, 3.05) is 20.6 Å². The molecule has 0 saturated heterocycles. The molecule has 0 bridgehead atoms. The molecule has 1 aromatic carbocycles. The molecule has 0 heterocycles. The Hall–Kier alpha value is -2.28. The Kier molecular flexibility index (Phi) is 8.64. The Morgan fingerprint density at radius 2 is 1.67 bits per heavy atom. The molecule has 1 rings (SSSR count). The van der Waals surface area contributed by atoms with Crippen LogP contribution in [0, 0.1) is 17.8 Å². The Balaban J connectivity index is 2.54. The van der Waals surface area contributed by atoms with E-state index in [1.807, 2.05) is 12.1 Å². The van der Waals surface area contributed by atoms with Gasteiger partial charge in [-0.15, -0.1) is 0 Å². The molecule has 0 unspecified atom stereocenters. The predicted molar refractivity (Wildman–Crippen MR) is 97.7 cm³/mol. The van der Waals surface area contributed by atoms with Crippen molar-refractivity contribution in [3.05, 3.63) is 35.4 Å². The molecule has 1 aromatic rings. The van der Waals surface area contributed by atoms with Gasteiger partial charge in [-0.3, -0.25) is 9.59 Å². The number of rotatable bonds is 7. The van der Waals surface area contributed by atoms with E-state index in [0.717, 1.165) is 31.2 Å². The molecule has 0 spiro atoms. The third-order valence-electron chi connectivity index (χ3n) is 3.77. The lowest BCUT2D eigenvalue weighted by atomic mass is 9.97. The monoisotopic (exact) mass is 328 g/mol. The number of benzene rings is 1. The highest BCUT2D eigenvalue weighted by Gasteiger charge is 2.15. The molecular weight excluding hydrogens is 300 g/mol. The van der Waals surface area contributed by atoms with Crippen molar-refractivity contribution < 1.29 is 9.59 Å². The first-order valence-electron chi connectivity index (χ1n) is 8.57. The van der Waals surface area contributed by atoms with Crippen molar-refractivity contribution in [3.63, 3.8) is 0 Å². The standard InChI is InChI=1S/C20H28N2O2/c1-5-8-17(9-6-2)19(23)21-15-7-10-16-11-13-18(14-12-16)20(24)22(3)4/h11-14,17H,5-6,8-9,15H2,1-4H3,(H,21,23). The van der Waals surface area contributed by atoms with E-state index in [0.29, 0.717) is 12.1 Å². The van der Waals surface area contributed by atoms with Crippen LogP contribution in [0.5, 0.6) is 0 Å². The Morgan fingerprint density at radius 1 is 1.08 bits per heavy atom. The summed E-state index contributed by atoms with van der Waals surface area (Å²) in [5.41, 5.74) is 1.47. The number of carbonyl (C=O) groups is 2. The van der Waals surface area contributed by atoms with Crippen LogP contribution in [0.1, 0.15) is 55.5 Å². The molecule has 0 radical (unpaired) electrons. The first kappa shape index (κ1) is 19.8. The van der Waals surface area contributed by atoms with Crippen LogP contribution in [0.15, 0.2) is 24.3 Å². The smallest absolute Gasteiger partial charge is 0.253 e. The van der Waals surface area contributed by atoms with Crippen LogP contribution in [0.4, 0.5) is 0 Å². The van der Waals surface area contributed by atoms with E-state index >= 15 is 0 Å². The van der Waals surface area contributed by atoms with Crippen molar-refractivity contribution >= 4 is 11.8 Å². The van der Waals surface area contributed by atoms with Crippen molar-refractivity contribution in [3.8, 4) is 11.8 Å². The lowest BCUT2D eigenvalue weighted by Crippen LogP contribution is -2.30. The molecule has 130 valence electrons. The minimum Gasteiger partial charge on any atom is -0.345 e. The number of carbonyl (C=O) groups excluding carboxylic acids is 2. The van der Waals surface area contributed by atoms with Crippen LogP contribution >= 0.6 is 0 Å². The fourth-order valence-corrected chi connectivity index (χ4v) is 2.48. The highest BCUT2D eigenvalue weighted by molar-refractivity contribution is 5.93. The van der Waals surface area contributed by atoms with E-state index in [4.69, 9.17) is 0 Å². The number of nitrogens with one attached hydrogen (secondary N) is 1. The number of hydrogen-bond donors (Lipinski definition) is 1. The van der Waals surface area contributed by atoms with Crippen LogP contribution in [0.25, 0.3) is 0 Å². The number of hydrogen-bond acceptors (Lipinski definition) is 2. The molecule has 4 nitrogen and oxygen atoms in total. The van der Waals surface area contributed by atoms with Crippen LogP contribution in [-0.2, 0) is 4.79 Å². The summed E-state index contributed by atoms with van der Waals surface area (Å²) in [7, 11) is 3.45. The Bertz CT molecular complexity index is 588. The van der Waals surface area contributed by atoms with E-state index in [1.165, 1.54) is 0 Å². The summed E-state index contributed by atoms with van der Waals surface area (Å²) in [6.45, 7) is 4.54. The maximum absolute atomic E-state index is 12.1. The van der Waals surface area contributed by atoms with E-state index in [1.54, 1.807) is 31.1 Å². The molecular formula is C20H28N2O2. The van der Waals surface area contributed by atoms with Gasteiger partial charge in [0.2, 0.25) is 5.91 Å². The van der Waals surface area contributed by atoms with Gasteiger partial charge in [-0.25, -0.2) is 0 Å². The van der Waals surface area contributed by atoms with Crippen LogP contribution in [0.2, 0.25) is 0 Å². The zero-order chi connectivity index (χ0) is 17.9. The van der Waals surface area contributed by atoms with E-state index in [2.05, 4.69) is 31.0 Å². The number of nitrogens with zero attached hydrogens (tertiary/aromatic N) is 1. The van der Waals surface area contributed by atoms with Crippen LogP contribution < -0.4 is 5.32 Å². The van der Waals surface area contributed by atoms with Crippen molar-refractivity contribution in [2.24, 2.45) is 5.92 Å². The van der Waals surface area contributed by atoms with E-state index in [9.17, 15) is 9.59 Å². The fraction of sp³-hybridized carbons (Fsp3) is 0.500. The number of amides is 2. The quantitative estimate of drug-likeness (QED) is 0.782. The predicted octanol–water partition coefficient (Wildman–Crippen LogP) is 3.07. The molecule has 0 aromatic heterocycles. The summed E-state index contributed by atoms with van der Waals surface area (Å²) < 4.78 is 0. The molecule has 0 aliphatic rings. The minimum absolute atomic E-state index is 0.0281. The first-order valence-corrected chi connectivity index (χ1v) is 8.57. The molecule has 0 aliphatic heterocycles. The van der Waals surface area contributed by atoms with Crippen molar-refractivity contribution in [2.45, 2.75) is 39.5 Å². The molecule has 0 saturated carbocycles. The average molecular weight is 328 g/mol. The second-order valence-electron chi connectivity index (χ2n) is 6.07. The van der Waals surface area contributed by atoms with E-state index in [-0.39, 0.29) is 17.7 Å². The zero-order valence-corrected chi connectivity index (χ0v) is 15.2. The normalized spacial score (nSPS) is 10.0. The summed E-state index contributed by atoms with van der Waals surface area (Å²) in [4.78, 5) is 25.4. The SMILES string of the molecule is CCCC(CCC)C(=O)NCC#Cc1ccc(C(=O)N(C)C)cc1. The second-order valence-corrected chi connectivity index (χ2v) is 6.07. The van der Waals surface area contributed by atoms with Gasteiger partial charge in [0, 0.05) is 31.1 Å². The van der Waals surface area contributed by atoms with Gasteiger partial charge < -0.3 is 10.2 Å². The highest BCUT2D eigenvalue weighted by Crippen LogP contribution is 2.13. The molecule has 0 fully saturated rings. The molecule has 0 atom stereocenters. The first-order chi connectivity index (χ1) is 11.5. The van der Waals surface area contributed by atoms with Gasteiger partial charge in [0.25, 0.3) is 5.91 Å². The topological polar surface area (TPSA) is 49.4 Å². The largest absolute Gasteiger partial charge is 0.345 e. The Morgan fingerprint density at radius 3 is 2.17 bits per heavy atom. The second kappa shape index (κ2) is 10.5. The van der Waals surface area contributed by atoms with Crippen molar-refractivity contribution in [1.29, 1.82) is 0 Å². The molecule has 2 amide bonds. The molecule has 0 aliphatic carbocycles. The Labute approximate surface area is 145 Å². The van der Waals surface area contributed by atoms with E-state index < -0.39 is 0 Å². The van der Waals surface area contributed by atoms with Gasteiger partial charge >= 0.3 is 0 Å². The van der Waals surface area contributed by atoms with Gasteiger partial charge in [0.1, 0.15) is 0 Å². The van der Waals surface area contributed by atoms with Gasteiger partial charge in [0.05, 0.1) is 6.54 Å². The summed E-state index contributed by atoms with van der Waals surface area (Å²) in [5.74, 6) is 6.14. The lowest BCUT2D eigenvalue weighted by Gasteiger charge is -2.13.